The fourth-order valence-corrected chi connectivity index (χ4v) is 2.65. The molecule has 1 amide bonds. The maximum atomic E-state index is 12.1. The van der Waals surface area contributed by atoms with Crippen molar-refractivity contribution in [3.8, 4) is 0 Å². The van der Waals surface area contributed by atoms with Crippen LogP contribution in [0.25, 0.3) is 0 Å². The Hall–Kier alpha value is -1.62. The van der Waals surface area contributed by atoms with Crippen LogP contribution in [0.1, 0.15) is 37.0 Å². The highest BCUT2D eigenvalue weighted by molar-refractivity contribution is 5.94. The Balaban J connectivity index is 1.75. The Morgan fingerprint density at radius 2 is 2.14 bits per heavy atom. The number of rotatable bonds is 7. The van der Waals surface area contributed by atoms with E-state index in [1.807, 2.05) is 19.1 Å². The van der Waals surface area contributed by atoms with Gasteiger partial charge in [0.2, 0.25) is 0 Å². The number of carbonyl (C=O) groups excluding carboxylic acids is 1. The molecule has 1 fully saturated rings. The number of pyridine rings is 1. The van der Waals surface area contributed by atoms with Crippen LogP contribution in [0, 0.1) is 5.92 Å². The van der Waals surface area contributed by atoms with Gasteiger partial charge in [-0.3, -0.25) is 4.79 Å². The van der Waals surface area contributed by atoms with Crippen molar-refractivity contribution in [2.75, 3.05) is 38.0 Å². The number of anilines is 1. The number of nitrogens with zero attached hydrogens (tertiary/aromatic N) is 2. The second-order valence-electron chi connectivity index (χ2n) is 5.79. The molecule has 5 heteroatoms. The monoisotopic (exact) mass is 290 g/mol. The van der Waals surface area contributed by atoms with Gasteiger partial charge in [-0.15, -0.1) is 0 Å². The minimum absolute atomic E-state index is 0.0428. The van der Waals surface area contributed by atoms with Crippen LogP contribution >= 0.6 is 0 Å². The Bertz CT molecular complexity index is 440. The predicted molar refractivity (Wildman–Crippen MR) is 85.6 cm³/mol. The van der Waals surface area contributed by atoms with E-state index in [2.05, 4.69) is 27.4 Å². The van der Waals surface area contributed by atoms with Gasteiger partial charge in [0.05, 0.1) is 5.56 Å². The summed E-state index contributed by atoms with van der Waals surface area (Å²) in [6.07, 6.45) is 4.24. The smallest absolute Gasteiger partial charge is 0.252 e. The highest BCUT2D eigenvalue weighted by atomic mass is 16.1. The summed E-state index contributed by atoms with van der Waals surface area (Å²) in [5.74, 6) is 1.23. The molecule has 1 unspecified atom stereocenters. The molecular formula is C16H26N4O. The Kier molecular flexibility index (Phi) is 5.99. The van der Waals surface area contributed by atoms with Crippen molar-refractivity contribution >= 4 is 11.7 Å². The summed E-state index contributed by atoms with van der Waals surface area (Å²) in [6, 6.07) is 3.65. The first kappa shape index (κ1) is 15.8. The molecule has 5 nitrogen and oxygen atoms in total. The number of aromatic nitrogens is 1. The molecule has 0 aromatic carbocycles. The second-order valence-corrected chi connectivity index (χ2v) is 5.79. The summed E-state index contributed by atoms with van der Waals surface area (Å²) in [6.45, 7) is 9.21. The highest BCUT2D eigenvalue weighted by Gasteiger charge is 2.15. The van der Waals surface area contributed by atoms with Crippen molar-refractivity contribution in [3.05, 3.63) is 23.9 Å². The summed E-state index contributed by atoms with van der Waals surface area (Å²) in [5.41, 5.74) is 0.616. The molecule has 0 spiro atoms. The van der Waals surface area contributed by atoms with E-state index in [1.165, 1.54) is 25.9 Å². The quantitative estimate of drug-likeness (QED) is 0.806. The average molecular weight is 290 g/mol. The van der Waals surface area contributed by atoms with Crippen molar-refractivity contribution in [1.29, 1.82) is 0 Å². The van der Waals surface area contributed by atoms with Gasteiger partial charge in [0.1, 0.15) is 5.82 Å². The van der Waals surface area contributed by atoms with Gasteiger partial charge in [-0.25, -0.2) is 4.98 Å². The summed E-state index contributed by atoms with van der Waals surface area (Å²) < 4.78 is 0. The minimum atomic E-state index is -0.0428. The average Bonchev–Trinajstić information content (AvgIpc) is 2.99. The van der Waals surface area contributed by atoms with Crippen molar-refractivity contribution in [2.45, 2.75) is 26.7 Å². The minimum Gasteiger partial charge on any atom is -0.370 e. The topological polar surface area (TPSA) is 57.3 Å². The van der Waals surface area contributed by atoms with E-state index in [0.717, 1.165) is 18.9 Å². The van der Waals surface area contributed by atoms with Gasteiger partial charge >= 0.3 is 0 Å². The standard InChI is InChI=1S/C16H26N4O/c1-3-17-15-7-6-14(11-18-15)16(21)19-10-13(2)12-20-8-4-5-9-20/h6-7,11,13H,3-5,8-10,12H2,1-2H3,(H,17,18)(H,19,21). The van der Waals surface area contributed by atoms with E-state index in [9.17, 15) is 4.79 Å². The molecule has 0 aliphatic carbocycles. The Morgan fingerprint density at radius 1 is 1.38 bits per heavy atom. The van der Waals surface area contributed by atoms with Crippen LogP contribution in [-0.4, -0.2) is 48.5 Å². The molecule has 21 heavy (non-hydrogen) atoms. The lowest BCUT2D eigenvalue weighted by Gasteiger charge is -2.20. The molecule has 2 rings (SSSR count). The van der Waals surface area contributed by atoms with Gasteiger partial charge in [0, 0.05) is 25.8 Å². The summed E-state index contributed by atoms with van der Waals surface area (Å²) in [4.78, 5) is 18.8. The number of carbonyl (C=O) groups is 1. The van der Waals surface area contributed by atoms with Gasteiger partial charge in [-0.2, -0.15) is 0 Å². The molecule has 1 saturated heterocycles. The lowest BCUT2D eigenvalue weighted by Crippen LogP contribution is -2.34. The second kappa shape index (κ2) is 7.98. The molecule has 0 bridgehead atoms. The molecule has 1 aromatic rings. The Labute approximate surface area is 127 Å². The maximum Gasteiger partial charge on any atom is 0.252 e. The van der Waals surface area contributed by atoms with E-state index >= 15 is 0 Å². The molecule has 1 atom stereocenters. The largest absolute Gasteiger partial charge is 0.370 e. The Morgan fingerprint density at radius 3 is 2.76 bits per heavy atom. The van der Waals surface area contributed by atoms with E-state index in [0.29, 0.717) is 18.0 Å². The number of hydrogen-bond donors (Lipinski definition) is 2. The summed E-state index contributed by atoms with van der Waals surface area (Å²) in [7, 11) is 0. The molecule has 2 heterocycles. The van der Waals surface area contributed by atoms with Gasteiger partial charge < -0.3 is 15.5 Å². The SMILES string of the molecule is CCNc1ccc(C(=O)NCC(C)CN2CCCC2)cn1. The summed E-state index contributed by atoms with van der Waals surface area (Å²) >= 11 is 0. The number of nitrogens with one attached hydrogen (secondary N) is 2. The molecule has 1 aliphatic heterocycles. The predicted octanol–water partition coefficient (Wildman–Crippen LogP) is 1.98. The van der Waals surface area contributed by atoms with Crippen LogP contribution < -0.4 is 10.6 Å². The first-order valence-electron chi connectivity index (χ1n) is 7.89. The van der Waals surface area contributed by atoms with Gasteiger partial charge in [0.15, 0.2) is 0 Å². The van der Waals surface area contributed by atoms with Gasteiger partial charge in [0.25, 0.3) is 5.91 Å². The molecule has 0 saturated carbocycles. The molecule has 1 aromatic heterocycles. The van der Waals surface area contributed by atoms with Crippen LogP contribution in [0.2, 0.25) is 0 Å². The van der Waals surface area contributed by atoms with Crippen molar-refractivity contribution in [2.24, 2.45) is 5.92 Å². The first-order chi connectivity index (χ1) is 10.2. The molecule has 0 radical (unpaired) electrons. The molecule has 116 valence electrons. The van der Waals surface area contributed by atoms with Crippen LogP contribution in [0.3, 0.4) is 0 Å². The number of hydrogen-bond acceptors (Lipinski definition) is 4. The van der Waals surface area contributed by atoms with Crippen LogP contribution in [-0.2, 0) is 0 Å². The summed E-state index contributed by atoms with van der Waals surface area (Å²) in [5, 5.41) is 6.11. The van der Waals surface area contributed by atoms with E-state index in [1.54, 1.807) is 6.20 Å². The fourth-order valence-electron chi connectivity index (χ4n) is 2.65. The van der Waals surface area contributed by atoms with Gasteiger partial charge in [-0.05, 0) is 50.9 Å². The van der Waals surface area contributed by atoms with Crippen LogP contribution in [0.15, 0.2) is 18.3 Å². The fraction of sp³-hybridized carbons (Fsp3) is 0.625. The van der Waals surface area contributed by atoms with Crippen LogP contribution in [0.4, 0.5) is 5.82 Å². The third-order valence-corrected chi connectivity index (χ3v) is 3.76. The normalized spacial score (nSPS) is 16.7. The van der Waals surface area contributed by atoms with Crippen molar-refractivity contribution in [3.63, 3.8) is 0 Å². The zero-order valence-corrected chi connectivity index (χ0v) is 13.1. The van der Waals surface area contributed by atoms with E-state index < -0.39 is 0 Å². The number of amides is 1. The molecule has 2 N–H and O–H groups in total. The van der Waals surface area contributed by atoms with E-state index in [-0.39, 0.29) is 5.91 Å². The zero-order chi connectivity index (χ0) is 15.1. The number of likely N-dealkylation sites (tertiary alicyclic amines) is 1. The molecule has 1 aliphatic rings. The lowest BCUT2D eigenvalue weighted by atomic mass is 10.1. The molecular weight excluding hydrogens is 264 g/mol. The zero-order valence-electron chi connectivity index (χ0n) is 13.1. The first-order valence-corrected chi connectivity index (χ1v) is 7.89. The highest BCUT2D eigenvalue weighted by Crippen LogP contribution is 2.10. The van der Waals surface area contributed by atoms with Gasteiger partial charge in [-0.1, -0.05) is 6.92 Å². The lowest BCUT2D eigenvalue weighted by molar-refractivity contribution is 0.0945. The third-order valence-electron chi connectivity index (χ3n) is 3.76. The van der Waals surface area contributed by atoms with E-state index in [4.69, 9.17) is 0 Å². The van der Waals surface area contributed by atoms with Crippen LogP contribution in [0.5, 0.6) is 0 Å². The van der Waals surface area contributed by atoms with Crippen molar-refractivity contribution < 1.29 is 4.79 Å². The third kappa shape index (κ3) is 5.01. The maximum absolute atomic E-state index is 12.1. The van der Waals surface area contributed by atoms with Crippen molar-refractivity contribution in [1.82, 2.24) is 15.2 Å².